The maximum atomic E-state index is 12.0. The highest BCUT2D eigenvalue weighted by atomic mass is 32.1. The number of fused-ring (bicyclic) bond motifs is 1. The number of aromatic nitrogens is 1. The summed E-state index contributed by atoms with van der Waals surface area (Å²) in [6.45, 7) is 1.81. The monoisotopic (exact) mass is 323 g/mol. The summed E-state index contributed by atoms with van der Waals surface area (Å²) in [4.78, 5) is 16.4. The van der Waals surface area contributed by atoms with Crippen molar-refractivity contribution in [2.45, 2.75) is 6.92 Å². The Hall–Kier alpha value is -2.91. The Morgan fingerprint density at radius 3 is 2.91 bits per heavy atom. The highest BCUT2D eigenvalue weighted by molar-refractivity contribution is 7.22. The Labute approximate surface area is 137 Å². The van der Waals surface area contributed by atoms with Crippen LogP contribution >= 0.6 is 11.3 Å². The van der Waals surface area contributed by atoms with Crippen LogP contribution in [0, 0.1) is 18.3 Å². The van der Waals surface area contributed by atoms with Crippen molar-refractivity contribution in [2.24, 2.45) is 0 Å². The molecule has 0 bridgehead atoms. The first-order chi connectivity index (χ1) is 11.2. The molecule has 0 saturated heterocycles. The summed E-state index contributed by atoms with van der Waals surface area (Å²) in [5, 5.41) is 12.3. The molecule has 0 radical (unpaired) electrons. The second-order valence-corrected chi connectivity index (χ2v) is 5.92. The van der Waals surface area contributed by atoms with Crippen LogP contribution in [0.2, 0.25) is 0 Å². The highest BCUT2D eigenvalue weighted by Crippen LogP contribution is 2.27. The number of hydrogen-bond donors (Lipinski definition) is 1. The molecule has 0 unspecified atom stereocenters. The zero-order valence-electron chi connectivity index (χ0n) is 12.4. The van der Waals surface area contributed by atoms with Crippen LogP contribution in [0.3, 0.4) is 0 Å². The number of thiazole rings is 1. The molecule has 0 aliphatic carbocycles. The Balaban J connectivity index is 1.67. The fourth-order valence-electron chi connectivity index (χ4n) is 2.12. The average Bonchev–Trinajstić information content (AvgIpc) is 2.97. The lowest BCUT2D eigenvalue weighted by Crippen LogP contribution is -2.20. The van der Waals surface area contributed by atoms with Gasteiger partial charge in [-0.1, -0.05) is 35.6 Å². The SMILES string of the molecule is Cc1cccc2sc(NC(=O)COc3ccccc3C#N)nc12. The molecule has 1 aromatic heterocycles. The smallest absolute Gasteiger partial charge is 0.264 e. The van der Waals surface area contributed by atoms with Gasteiger partial charge in [-0.25, -0.2) is 4.98 Å². The van der Waals surface area contributed by atoms with E-state index in [1.807, 2.05) is 31.2 Å². The van der Waals surface area contributed by atoms with Crippen LogP contribution in [0.5, 0.6) is 5.75 Å². The second-order valence-electron chi connectivity index (χ2n) is 4.89. The van der Waals surface area contributed by atoms with Crippen LogP contribution < -0.4 is 10.1 Å². The molecule has 0 saturated carbocycles. The molecular formula is C17H13N3O2S. The molecular weight excluding hydrogens is 310 g/mol. The molecule has 23 heavy (non-hydrogen) atoms. The third-order valence-electron chi connectivity index (χ3n) is 3.23. The Morgan fingerprint density at radius 2 is 2.13 bits per heavy atom. The lowest BCUT2D eigenvalue weighted by atomic mass is 10.2. The molecule has 0 fully saturated rings. The molecule has 114 valence electrons. The van der Waals surface area contributed by atoms with E-state index in [1.54, 1.807) is 24.3 Å². The van der Waals surface area contributed by atoms with Gasteiger partial charge in [0, 0.05) is 0 Å². The van der Waals surface area contributed by atoms with Gasteiger partial charge >= 0.3 is 0 Å². The first-order valence-electron chi connectivity index (χ1n) is 6.95. The second kappa shape index (κ2) is 6.46. The quantitative estimate of drug-likeness (QED) is 0.797. The molecule has 1 amide bonds. The number of ether oxygens (including phenoxy) is 1. The third-order valence-corrected chi connectivity index (χ3v) is 4.17. The molecule has 5 nitrogen and oxygen atoms in total. The van der Waals surface area contributed by atoms with Crippen molar-refractivity contribution >= 4 is 32.6 Å². The van der Waals surface area contributed by atoms with Crippen molar-refractivity contribution in [3.05, 3.63) is 53.6 Å². The molecule has 2 aromatic carbocycles. The molecule has 0 atom stereocenters. The van der Waals surface area contributed by atoms with Crippen molar-refractivity contribution in [1.29, 1.82) is 5.26 Å². The molecule has 3 aromatic rings. The van der Waals surface area contributed by atoms with Crippen molar-refractivity contribution < 1.29 is 9.53 Å². The van der Waals surface area contributed by atoms with E-state index in [4.69, 9.17) is 10.00 Å². The number of amides is 1. The molecule has 1 heterocycles. The summed E-state index contributed by atoms with van der Waals surface area (Å²) < 4.78 is 6.43. The summed E-state index contributed by atoms with van der Waals surface area (Å²) in [5.74, 6) is 0.0831. The summed E-state index contributed by atoms with van der Waals surface area (Å²) >= 11 is 1.42. The van der Waals surface area contributed by atoms with E-state index in [-0.39, 0.29) is 12.5 Å². The van der Waals surface area contributed by atoms with E-state index < -0.39 is 0 Å². The number of para-hydroxylation sites is 2. The van der Waals surface area contributed by atoms with Crippen LogP contribution in [0.25, 0.3) is 10.2 Å². The maximum Gasteiger partial charge on any atom is 0.264 e. The van der Waals surface area contributed by atoms with Crippen LogP contribution in [-0.2, 0) is 4.79 Å². The van der Waals surface area contributed by atoms with E-state index in [9.17, 15) is 4.79 Å². The third kappa shape index (κ3) is 3.30. The Bertz CT molecular complexity index is 912. The number of benzene rings is 2. The average molecular weight is 323 g/mol. The van der Waals surface area contributed by atoms with Gasteiger partial charge in [0.25, 0.3) is 5.91 Å². The van der Waals surface area contributed by atoms with Crippen LogP contribution in [0.4, 0.5) is 5.13 Å². The van der Waals surface area contributed by atoms with Gasteiger partial charge in [0.2, 0.25) is 0 Å². The molecule has 3 rings (SSSR count). The van der Waals surface area contributed by atoms with Crippen molar-refractivity contribution in [2.75, 3.05) is 11.9 Å². The zero-order valence-corrected chi connectivity index (χ0v) is 13.2. The molecule has 0 aliphatic rings. The van der Waals surface area contributed by atoms with Gasteiger partial charge in [-0.05, 0) is 30.7 Å². The van der Waals surface area contributed by atoms with Gasteiger partial charge in [-0.2, -0.15) is 5.26 Å². The van der Waals surface area contributed by atoms with Crippen molar-refractivity contribution in [1.82, 2.24) is 4.98 Å². The van der Waals surface area contributed by atoms with E-state index in [1.165, 1.54) is 11.3 Å². The molecule has 1 N–H and O–H groups in total. The van der Waals surface area contributed by atoms with E-state index in [2.05, 4.69) is 10.3 Å². The lowest BCUT2D eigenvalue weighted by Gasteiger charge is -2.06. The van der Waals surface area contributed by atoms with Gasteiger partial charge in [0.1, 0.15) is 11.8 Å². The number of anilines is 1. The number of carbonyl (C=O) groups excluding carboxylic acids is 1. The van der Waals surface area contributed by atoms with Gasteiger partial charge < -0.3 is 4.74 Å². The minimum absolute atomic E-state index is 0.173. The predicted octanol–water partition coefficient (Wildman–Crippen LogP) is 3.49. The van der Waals surface area contributed by atoms with E-state index in [0.717, 1.165) is 15.8 Å². The fraction of sp³-hybridized carbons (Fsp3) is 0.118. The van der Waals surface area contributed by atoms with Crippen molar-refractivity contribution in [3.8, 4) is 11.8 Å². The molecule has 0 aliphatic heterocycles. The molecule has 0 spiro atoms. The number of hydrogen-bond acceptors (Lipinski definition) is 5. The van der Waals surface area contributed by atoms with Gasteiger partial charge in [-0.3, -0.25) is 10.1 Å². The zero-order chi connectivity index (χ0) is 16.2. The first kappa shape index (κ1) is 15.0. The maximum absolute atomic E-state index is 12.0. The number of nitriles is 1. The topological polar surface area (TPSA) is 75.0 Å². The lowest BCUT2D eigenvalue weighted by molar-refractivity contribution is -0.118. The standard InChI is InChI=1S/C17H13N3O2S/c1-11-5-4-8-14-16(11)20-17(23-14)19-15(21)10-22-13-7-3-2-6-12(13)9-18/h2-8H,10H2,1H3,(H,19,20,21). The van der Waals surface area contributed by atoms with E-state index >= 15 is 0 Å². The normalized spacial score (nSPS) is 10.3. The Kier molecular flexibility index (Phi) is 4.22. The number of carbonyl (C=O) groups is 1. The summed E-state index contributed by atoms with van der Waals surface area (Å²) in [6, 6.07) is 14.7. The largest absolute Gasteiger partial charge is 0.482 e. The minimum atomic E-state index is -0.311. The summed E-state index contributed by atoms with van der Waals surface area (Å²) in [6.07, 6.45) is 0. The minimum Gasteiger partial charge on any atom is -0.482 e. The van der Waals surface area contributed by atoms with Crippen LogP contribution in [0.1, 0.15) is 11.1 Å². The van der Waals surface area contributed by atoms with Crippen LogP contribution in [-0.4, -0.2) is 17.5 Å². The predicted molar refractivity (Wildman–Crippen MR) is 89.6 cm³/mol. The Morgan fingerprint density at radius 1 is 1.30 bits per heavy atom. The first-order valence-corrected chi connectivity index (χ1v) is 7.77. The number of nitrogens with zero attached hydrogens (tertiary/aromatic N) is 2. The van der Waals surface area contributed by atoms with Crippen molar-refractivity contribution in [3.63, 3.8) is 0 Å². The number of rotatable bonds is 4. The fourth-order valence-corrected chi connectivity index (χ4v) is 3.08. The van der Waals surface area contributed by atoms with Gasteiger partial charge in [0.05, 0.1) is 15.8 Å². The number of aryl methyl sites for hydroxylation is 1. The summed E-state index contributed by atoms with van der Waals surface area (Å²) in [7, 11) is 0. The van der Waals surface area contributed by atoms with Gasteiger partial charge in [0.15, 0.2) is 11.7 Å². The number of nitrogens with one attached hydrogen (secondary N) is 1. The summed E-state index contributed by atoms with van der Waals surface area (Å²) in [5.41, 5.74) is 2.36. The van der Waals surface area contributed by atoms with E-state index in [0.29, 0.717) is 16.4 Å². The van der Waals surface area contributed by atoms with Crippen LogP contribution in [0.15, 0.2) is 42.5 Å². The molecule has 6 heteroatoms. The van der Waals surface area contributed by atoms with Gasteiger partial charge in [-0.15, -0.1) is 0 Å². The highest BCUT2D eigenvalue weighted by Gasteiger charge is 2.10.